The van der Waals surface area contributed by atoms with E-state index in [1.54, 1.807) is 0 Å². The van der Waals surface area contributed by atoms with Crippen LogP contribution in [0.3, 0.4) is 0 Å². The van der Waals surface area contributed by atoms with Gasteiger partial charge in [0.05, 0.1) is 0 Å². The molecule has 1 heterocycles. The molecule has 0 aliphatic carbocycles. The zero-order valence-corrected chi connectivity index (χ0v) is 9.89. The third-order valence-corrected chi connectivity index (χ3v) is 3.01. The Morgan fingerprint density at radius 1 is 1.21 bits per heavy atom. The highest BCUT2D eigenvalue weighted by Gasteiger charge is 2.16. The van der Waals surface area contributed by atoms with Crippen LogP contribution in [0, 0.1) is 0 Å². The zero-order chi connectivity index (χ0) is 10.2. The molecular formula is C12H26N2. The molecule has 1 rings (SSSR count). The van der Waals surface area contributed by atoms with Gasteiger partial charge in [-0.1, -0.05) is 20.3 Å². The van der Waals surface area contributed by atoms with Crippen molar-refractivity contribution < 1.29 is 0 Å². The number of hydrogen-bond donors (Lipinski definition) is 1. The normalized spacial score (nSPS) is 22.1. The van der Waals surface area contributed by atoms with Gasteiger partial charge in [0.15, 0.2) is 0 Å². The number of nitrogens with one attached hydrogen (secondary N) is 1. The molecule has 0 aromatic rings. The second-order valence-corrected chi connectivity index (χ2v) is 4.45. The van der Waals surface area contributed by atoms with Crippen molar-refractivity contribution in [2.24, 2.45) is 0 Å². The molecule has 0 saturated carbocycles. The summed E-state index contributed by atoms with van der Waals surface area (Å²) in [6, 6.07) is 0.776. The van der Waals surface area contributed by atoms with Gasteiger partial charge in [-0.2, -0.15) is 0 Å². The average Bonchev–Trinajstić information content (AvgIpc) is 2.67. The fraction of sp³-hybridized carbons (Fsp3) is 1.00. The zero-order valence-electron chi connectivity index (χ0n) is 9.89. The van der Waals surface area contributed by atoms with Crippen molar-refractivity contribution in [3.8, 4) is 0 Å². The summed E-state index contributed by atoms with van der Waals surface area (Å²) in [5.74, 6) is 0. The van der Waals surface area contributed by atoms with Gasteiger partial charge < -0.3 is 10.2 Å². The maximum Gasteiger partial charge on any atom is 0.0195 e. The molecule has 2 nitrogen and oxygen atoms in total. The fourth-order valence-corrected chi connectivity index (χ4v) is 2.22. The number of unbranched alkanes of at least 4 members (excludes halogenated alkanes) is 1. The van der Waals surface area contributed by atoms with E-state index < -0.39 is 0 Å². The first-order valence-electron chi connectivity index (χ1n) is 6.32. The SMILES string of the molecule is CCCCN(CCC)CC1CCCN1. The van der Waals surface area contributed by atoms with Gasteiger partial charge in [-0.3, -0.25) is 0 Å². The van der Waals surface area contributed by atoms with Gasteiger partial charge in [0.25, 0.3) is 0 Å². The van der Waals surface area contributed by atoms with E-state index in [1.807, 2.05) is 0 Å². The molecule has 1 N–H and O–H groups in total. The monoisotopic (exact) mass is 198 g/mol. The largest absolute Gasteiger partial charge is 0.313 e. The van der Waals surface area contributed by atoms with Crippen LogP contribution in [0.15, 0.2) is 0 Å². The van der Waals surface area contributed by atoms with Crippen LogP contribution in [-0.2, 0) is 0 Å². The lowest BCUT2D eigenvalue weighted by Gasteiger charge is -2.24. The molecule has 1 atom stereocenters. The lowest BCUT2D eigenvalue weighted by atomic mass is 10.2. The van der Waals surface area contributed by atoms with E-state index >= 15 is 0 Å². The summed E-state index contributed by atoms with van der Waals surface area (Å²) in [4.78, 5) is 2.63. The molecule has 0 bridgehead atoms. The summed E-state index contributed by atoms with van der Waals surface area (Å²) < 4.78 is 0. The summed E-state index contributed by atoms with van der Waals surface area (Å²) in [6.07, 6.45) is 6.71. The highest BCUT2D eigenvalue weighted by molar-refractivity contribution is 4.77. The highest BCUT2D eigenvalue weighted by atomic mass is 15.1. The molecule has 2 heteroatoms. The van der Waals surface area contributed by atoms with E-state index in [0.29, 0.717) is 0 Å². The van der Waals surface area contributed by atoms with Gasteiger partial charge >= 0.3 is 0 Å². The molecule has 1 unspecified atom stereocenters. The van der Waals surface area contributed by atoms with Gasteiger partial charge in [-0.05, 0) is 45.3 Å². The Balaban J connectivity index is 2.18. The third kappa shape index (κ3) is 4.43. The molecule has 0 aromatic heterocycles. The van der Waals surface area contributed by atoms with Crippen molar-refractivity contribution in [2.75, 3.05) is 26.2 Å². The Morgan fingerprint density at radius 2 is 2.07 bits per heavy atom. The topological polar surface area (TPSA) is 15.3 Å². The third-order valence-electron chi connectivity index (χ3n) is 3.01. The van der Waals surface area contributed by atoms with E-state index in [0.717, 1.165) is 6.04 Å². The van der Waals surface area contributed by atoms with Gasteiger partial charge in [0.1, 0.15) is 0 Å². The Labute approximate surface area is 89.1 Å². The van der Waals surface area contributed by atoms with Gasteiger partial charge in [-0.25, -0.2) is 0 Å². The van der Waals surface area contributed by atoms with Crippen LogP contribution in [0.4, 0.5) is 0 Å². The first-order valence-corrected chi connectivity index (χ1v) is 6.32. The van der Waals surface area contributed by atoms with Gasteiger partial charge in [0.2, 0.25) is 0 Å². The number of rotatable bonds is 7. The van der Waals surface area contributed by atoms with Crippen LogP contribution in [0.25, 0.3) is 0 Å². The molecule has 1 fully saturated rings. The minimum Gasteiger partial charge on any atom is -0.313 e. The molecular weight excluding hydrogens is 172 g/mol. The summed E-state index contributed by atoms with van der Waals surface area (Å²) in [6.45, 7) is 9.63. The Morgan fingerprint density at radius 3 is 2.64 bits per heavy atom. The van der Waals surface area contributed by atoms with E-state index in [-0.39, 0.29) is 0 Å². The van der Waals surface area contributed by atoms with E-state index in [1.165, 1.54) is 58.3 Å². The molecule has 0 radical (unpaired) electrons. The quantitative estimate of drug-likeness (QED) is 0.675. The minimum absolute atomic E-state index is 0.776. The lowest BCUT2D eigenvalue weighted by molar-refractivity contribution is 0.246. The molecule has 14 heavy (non-hydrogen) atoms. The summed E-state index contributed by atoms with van der Waals surface area (Å²) in [5, 5.41) is 3.58. The summed E-state index contributed by atoms with van der Waals surface area (Å²) in [7, 11) is 0. The Hall–Kier alpha value is -0.0800. The smallest absolute Gasteiger partial charge is 0.0195 e. The lowest BCUT2D eigenvalue weighted by Crippen LogP contribution is -2.38. The van der Waals surface area contributed by atoms with Crippen molar-refractivity contribution in [1.29, 1.82) is 0 Å². The van der Waals surface area contributed by atoms with Crippen molar-refractivity contribution in [3.05, 3.63) is 0 Å². The van der Waals surface area contributed by atoms with Crippen LogP contribution >= 0.6 is 0 Å². The molecule has 1 aliphatic heterocycles. The van der Waals surface area contributed by atoms with Gasteiger partial charge in [-0.15, -0.1) is 0 Å². The molecule has 84 valence electrons. The standard InChI is InChI=1S/C12H26N2/c1-3-5-10-14(9-4-2)11-12-7-6-8-13-12/h12-13H,3-11H2,1-2H3. The van der Waals surface area contributed by atoms with Crippen LogP contribution in [0.2, 0.25) is 0 Å². The average molecular weight is 198 g/mol. The fourth-order valence-electron chi connectivity index (χ4n) is 2.22. The maximum absolute atomic E-state index is 3.58. The highest BCUT2D eigenvalue weighted by Crippen LogP contribution is 2.08. The van der Waals surface area contributed by atoms with Crippen molar-refractivity contribution >= 4 is 0 Å². The van der Waals surface area contributed by atoms with Crippen LogP contribution in [0.1, 0.15) is 46.0 Å². The molecule has 1 saturated heterocycles. The van der Waals surface area contributed by atoms with Crippen LogP contribution < -0.4 is 5.32 Å². The second kappa shape index (κ2) is 7.24. The van der Waals surface area contributed by atoms with Crippen molar-refractivity contribution in [1.82, 2.24) is 10.2 Å². The predicted octanol–water partition coefficient (Wildman–Crippen LogP) is 2.25. The Kier molecular flexibility index (Phi) is 6.20. The minimum atomic E-state index is 0.776. The predicted molar refractivity (Wildman–Crippen MR) is 62.7 cm³/mol. The summed E-state index contributed by atoms with van der Waals surface area (Å²) >= 11 is 0. The van der Waals surface area contributed by atoms with E-state index in [9.17, 15) is 0 Å². The molecule has 0 spiro atoms. The first kappa shape index (κ1) is 12.0. The first-order chi connectivity index (χ1) is 6.86. The van der Waals surface area contributed by atoms with E-state index in [2.05, 4.69) is 24.1 Å². The molecule has 1 aliphatic rings. The number of nitrogens with zero attached hydrogens (tertiary/aromatic N) is 1. The Bertz CT molecular complexity index is 130. The second-order valence-electron chi connectivity index (χ2n) is 4.45. The van der Waals surface area contributed by atoms with Crippen molar-refractivity contribution in [2.45, 2.75) is 52.0 Å². The number of hydrogen-bond acceptors (Lipinski definition) is 2. The molecule has 0 aromatic carbocycles. The summed E-state index contributed by atoms with van der Waals surface area (Å²) in [5.41, 5.74) is 0. The van der Waals surface area contributed by atoms with Crippen LogP contribution in [0.5, 0.6) is 0 Å². The van der Waals surface area contributed by atoms with Gasteiger partial charge in [0, 0.05) is 12.6 Å². The molecule has 0 amide bonds. The van der Waals surface area contributed by atoms with Crippen LogP contribution in [-0.4, -0.2) is 37.1 Å². The van der Waals surface area contributed by atoms with Crippen molar-refractivity contribution in [3.63, 3.8) is 0 Å². The van der Waals surface area contributed by atoms with E-state index in [4.69, 9.17) is 0 Å². The maximum atomic E-state index is 3.58.